The summed E-state index contributed by atoms with van der Waals surface area (Å²) < 4.78 is 68.2. The molecule has 0 spiro atoms. The van der Waals surface area contributed by atoms with Gasteiger partial charge in [-0.3, -0.25) is 19.0 Å². The molecule has 2 amide bonds. The lowest BCUT2D eigenvalue weighted by molar-refractivity contribution is -0.127. The van der Waals surface area contributed by atoms with Crippen LogP contribution in [-0.4, -0.2) is 64.0 Å². The molecule has 4 heterocycles. The second-order valence-corrected chi connectivity index (χ2v) is 13.1. The van der Waals surface area contributed by atoms with Gasteiger partial charge in [-0.25, -0.2) is 26.6 Å². The molecular weight excluding hydrogens is 567 g/mol. The molecule has 2 fully saturated rings. The van der Waals surface area contributed by atoms with Gasteiger partial charge in [0.25, 0.3) is 17.4 Å². The van der Waals surface area contributed by atoms with Crippen LogP contribution in [0.15, 0.2) is 23.0 Å². The Morgan fingerprint density at radius 2 is 1.90 bits per heavy atom. The van der Waals surface area contributed by atoms with Crippen molar-refractivity contribution in [2.45, 2.75) is 69.6 Å². The van der Waals surface area contributed by atoms with Gasteiger partial charge in [-0.05, 0) is 55.7 Å². The molecule has 2 bridgehead atoms. The number of halogens is 3. The van der Waals surface area contributed by atoms with E-state index in [0.717, 1.165) is 6.26 Å². The Morgan fingerprint density at radius 1 is 1.22 bits per heavy atom. The van der Waals surface area contributed by atoms with Crippen LogP contribution in [0.1, 0.15) is 59.5 Å². The Labute approximate surface area is 233 Å². The lowest BCUT2D eigenvalue weighted by atomic mass is 9.77. The Hall–Kier alpha value is -3.46. The number of aromatic hydroxyl groups is 1. The van der Waals surface area contributed by atoms with Gasteiger partial charge < -0.3 is 15.7 Å². The average molecular weight is 598 g/mol. The molecular formula is C26H30F3N5O6S. The SMILES string of the molecule is Cc1cc(CNC(=O)c2nc3n(c(=O)c2O)CC2CCC3(NC(=O)[C@@H]3CC(F)(F)CN3S(C)(=O)=O)CC2)ccc1F. The van der Waals surface area contributed by atoms with E-state index in [0.29, 0.717) is 28.3 Å². The third kappa shape index (κ3) is 5.44. The molecule has 2 aromatic rings. The number of hydrogen-bond acceptors (Lipinski definition) is 7. The zero-order valence-corrected chi connectivity index (χ0v) is 23.2. The Balaban J connectivity index is 1.49. The first-order chi connectivity index (χ1) is 19.1. The molecule has 1 aliphatic carbocycles. The monoisotopic (exact) mass is 597 g/mol. The van der Waals surface area contributed by atoms with E-state index in [9.17, 15) is 41.1 Å². The Morgan fingerprint density at radius 3 is 2.54 bits per heavy atom. The van der Waals surface area contributed by atoms with Crippen molar-refractivity contribution in [3.05, 3.63) is 57.0 Å². The predicted octanol–water partition coefficient (Wildman–Crippen LogP) is 1.51. The summed E-state index contributed by atoms with van der Waals surface area (Å²) in [5, 5.41) is 15.9. The fourth-order valence-electron chi connectivity index (χ4n) is 6.01. The van der Waals surface area contributed by atoms with Crippen molar-refractivity contribution in [2.24, 2.45) is 5.92 Å². The zero-order valence-electron chi connectivity index (χ0n) is 22.4. The number of rotatable bonds is 6. The fraction of sp³-hybridized carbons (Fsp3) is 0.538. The van der Waals surface area contributed by atoms with Crippen molar-refractivity contribution >= 4 is 21.8 Å². The molecule has 0 radical (unpaired) electrons. The summed E-state index contributed by atoms with van der Waals surface area (Å²) in [5.74, 6) is -6.55. The molecule has 11 nitrogen and oxygen atoms in total. The zero-order chi connectivity index (χ0) is 29.9. The summed E-state index contributed by atoms with van der Waals surface area (Å²) in [6, 6.07) is 2.58. The van der Waals surface area contributed by atoms with Crippen molar-refractivity contribution < 1.29 is 36.3 Å². The maximum absolute atomic E-state index is 14.2. The number of aromatic nitrogens is 2. The van der Waals surface area contributed by atoms with Gasteiger partial charge in [0.2, 0.25) is 21.7 Å². The predicted molar refractivity (Wildman–Crippen MR) is 139 cm³/mol. The summed E-state index contributed by atoms with van der Waals surface area (Å²) >= 11 is 0. The number of alkyl halides is 2. The molecule has 1 aromatic carbocycles. The summed E-state index contributed by atoms with van der Waals surface area (Å²) in [6.45, 7) is 0.547. The van der Waals surface area contributed by atoms with Crippen LogP contribution in [-0.2, 0) is 33.4 Å². The van der Waals surface area contributed by atoms with Crippen LogP contribution in [0, 0.1) is 18.7 Å². The van der Waals surface area contributed by atoms with E-state index in [2.05, 4.69) is 15.6 Å². The van der Waals surface area contributed by atoms with Crippen LogP contribution >= 0.6 is 0 Å². The number of carbonyl (C=O) groups excluding carboxylic acids is 2. The maximum Gasteiger partial charge on any atom is 0.296 e. The molecule has 1 saturated heterocycles. The highest BCUT2D eigenvalue weighted by atomic mass is 32.2. The van der Waals surface area contributed by atoms with Gasteiger partial charge in [0.15, 0.2) is 5.69 Å². The van der Waals surface area contributed by atoms with Crippen molar-refractivity contribution in [1.82, 2.24) is 24.5 Å². The van der Waals surface area contributed by atoms with Crippen molar-refractivity contribution in [3.8, 4) is 5.75 Å². The normalized spacial score (nSPS) is 25.4. The van der Waals surface area contributed by atoms with E-state index >= 15 is 0 Å². The molecule has 0 unspecified atom stereocenters. The van der Waals surface area contributed by atoms with Gasteiger partial charge in [0.1, 0.15) is 17.7 Å². The quantitative estimate of drug-likeness (QED) is 0.457. The summed E-state index contributed by atoms with van der Waals surface area (Å²) in [6.07, 6.45) is 1.34. The molecule has 3 aliphatic heterocycles. The smallest absolute Gasteiger partial charge is 0.296 e. The lowest BCUT2D eigenvalue weighted by Gasteiger charge is -2.38. The van der Waals surface area contributed by atoms with Crippen LogP contribution in [0.5, 0.6) is 5.75 Å². The molecule has 3 N–H and O–H groups in total. The minimum absolute atomic E-state index is 0.00454. The van der Waals surface area contributed by atoms with Crippen LogP contribution in [0.25, 0.3) is 0 Å². The van der Waals surface area contributed by atoms with E-state index in [-0.39, 0.29) is 37.7 Å². The maximum atomic E-state index is 14.2. The van der Waals surface area contributed by atoms with Crippen LogP contribution < -0.4 is 16.2 Å². The number of fused-ring (bicyclic) bond motifs is 2. The Kier molecular flexibility index (Phi) is 7.17. The van der Waals surface area contributed by atoms with Gasteiger partial charge in [0.05, 0.1) is 18.3 Å². The lowest BCUT2D eigenvalue weighted by Crippen LogP contribution is -2.55. The third-order valence-corrected chi connectivity index (χ3v) is 9.42. The van der Waals surface area contributed by atoms with Gasteiger partial charge in [-0.1, -0.05) is 12.1 Å². The first-order valence-electron chi connectivity index (χ1n) is 13.1. The van der Waals surface area contributed by atoms with E-state index in [1.807, 2.05) is 0 Å². The molecule has 1 aromatic heterocycles. The minimum Gasteiger partial charge on any atom is -0.501 e. The first-order valence-corrected chi connectivity index (χ1v) is 15.0. The van der Waals surface area contributed by atoms with Gasteiger partial charge in [0, 0.05) is 19.5 Å². The Bertz CT molecular complexity index is 1590. The number of sulfonamides is 1. The standard InChI is InChI=1S/C26H30F3N5O6S/c1-14-9-16(3-4-17(14)27)11-30-22(37)19-20(35)23(38)33-12-15-5-7-25(8-6-15,24(33)31-19)32-21(36)18-10-26(28,29)13-34(18)41(2,39)40/h3-4,9,15,18,35H,5-8,10-13H2,1-2H3,(H,30,37)(H,32,36)/t15?,18-,25?/m0/s1. The van der Waals surface area contributed by atoms with E-state index in [1.54, 1.807) is 6.92 Å². The summed E-state index contributed by atoms with van der Waals surface area (Å²) in [5.41, 5.74) is -1.90. The van der Waals surface area contributed by atoms with Gasteiger partial charge in [-0.15, -0.1) is 0 Å². The van der Waals surface area contributed by atoms with E-state index in [1.165, 1.54) is 22.8 Å². The minimum atomic E-state index is -4.14. The molecule has 222 valence electrons. The summed E-state index contributed by atoms with van der Waals surface area (Å²) in [7, 11) is -4.14. The number of nitrogens with zero attached hydrogens (tertiary/aromatic N) is 3. The largest absolute Gasteiger partial charge is 0.501 e. The number of hydrogen-bond donors (Lipinski definition) is 3. The molecule has 41 heavy (non-hydrogen) atoms. The van der Waals surface area contributed by atoms with E-state index < -0.39 is 75.1 Å². The molecule has 1 atom stereocenters. The number of benzene rings is 1. The average Bonchev–Trinajstić information content (AvgIpc) is 3.07. The third-order valence-electron chi connectivity index (χ3n) is 8.18. The molecule has 15 heteroatoms. The molecule has 1 saturated carbocycles. The number of nitrogens with one attached hydrogen (secondary N) is 2. The topological polar surface area (TPSA) is 151 Å². The number of amides is 2. The van der Waals surface area contributed by atoms with Crippen LogP contribution in [0.2, 0.25) is 0 Å². The summed E-state index contributed by atoms with van der Waals surface area (Å²) in [4.78, 5) is 44.1. The first kappa shape index (κ1) is 29.0. The van der Waals surface area contributed by atoms with E-state index in [4.69, 9.17) is 0 Å². The van der Waals surface area contributed by atoms with Crippen molar-refractivity contribution in [1.29, 1.82) is 0 Å². The highest BCUT2D eigenvalue weighted by Crippen LogP contribution is 2.44. The van der Waals surface area contributed by atoms with Gasteiger partial charge in [-0.2, -0.15) is 4.31 Å². The molecule has 4 aliphatic rings. The van der Waals surface area contributed by atoms with Crippen LogP contribution in [0.3, 0.4) is 0 Å². The van der Waals surface area contributed by atoms with Crippen LogP contribution in [0.4, 0.5) is 13.2 Å². The highest BCUT2D eigenvalue weighted by molar-refractivity contribution is 7.88. The number of carbonyl (C=O) groups is 2. The fourth-order valence-corrected chi connectivity index (χ4v) is 7.07. The second-order valence-electron chi connectivity index (χ2n) is 11.2. The van der Waals surface area contributed by atoms with Crippen molar-refractivity contribution in [2.75, 3.05) is 12.8 Å². The number of aryl methyl sites for hydroxylation is 1. The highest BCUT2D eigenvalue weighted by Gasteiger charge is 2.54. The van der Waals surface area contributed by atoms with Crippen molar-refractivity contribution in [3.63, 3.8) is 0 Å². The molecule has 6 rings (SSSR count). The second kappa shape index (κ2) is 10.1. The van der Waals surface area contributed by atoms with Gasteiger partial charge >= 0.3 is 0 Å².